The Morgan fingerprint density at radius 3 is 2.22 bits per heavy atom. The molecule has 9 nitrogen and oxygen atoms in total. The summed E-state index contributed by atoms with van der Waals surface area (Å²) in [6.07, 6.45) is 1.79. The van der Waals surface area contributed by atoms with Gasteiger partial charge in [0.05, 0.1) is 12.1 Å². The molecule has 224 valence electrons. The highest BCUT2D eigenvalue weighted by molar-refractivity contribution is 7.98. The minimum atomic E-state index is -1.07. The van der Waals surface area contributed by atoms with Crippen molar-refractivity contribution in [2.24, 2.45) is 5.73 Å². The van der Waals surface area contributed by atoms with Gasteiger partial charge in [0.1, 0.15) is 18.2 Å². The molecule has 10 heteroatoms. The number of primary amides is 1. The predicted molar refractivity (Wildman–Crippen MR) is 162 cm³/mol. The molecule has 1 saturated heterocycles. The number of carbonyl (C=O) groups excluding carboxylic acids is 3. The van der Waals surface area contributed by atoms with Crippen LogP contribution in [0.1, 0.15) is 51.2 Å². The molecule has 0 aromatic heterocycles. The number of nitrogens with two attached hydrogens (primary N) is 1. The Morgan fingerprint density at radius 2 is 1.66 bits per heavy atom. The molecule has 3 amide bonds. The van der Waals surface area contributed by atoms with E-state index in [0.717, 1.165) is 17.5 Å². The molecule has 0 spiro atoms. The number of likely N-dealkylation sites (tertiary alicyclic amines) is 1. The van der Waals surface area contributed by atoms with Crippen LogP contribution in [-0.2, 0) is 27.4 Å². The van der Waals surface area contributed by atoms with Crippen LogP contribution in [-0.4, -0.2) is 75.7 Å². The number of hydrogen-bond donors (Lipinski definition) is 4. The highest BCUT2D eigenvalue weighted by Crippen LogP contribution is 2.39. The van der Waals surface area contributed by atoms with E-state index in [9.17, 15) is 19.5 Å². The summed E-state index contributed by atoms with van der Waals surface area (Å²) in [5.74, 6) is -0.608. The maximum Gasteiger partial charge on any atom is 0.408 e. The van der Waals surface area contributed by atoms with Gasteiger partial charge in [-0.2, -0.15) is 11.8 Å². The number of rotatable bonds is 13. The van der Waals surface area contributed by atoms with Crippen molar-refractivity contribution in [3.8, 4) is 0 Å². The van der Waals surface area contributed by atoms with Crippen molar-refractivity contribution < 1.29 is 24.2 Å². The first-order valence-electron chi connectivity index (χ1n) is 14.0. The number of ether oxygens (including phenoxy) is 1. The van der Waals surface area contributed by atoms with Crippen LogP contribution in [0, 0.1) is 0 Å². The van der Waals surface area contributed by atoms with Gasteiger partial charge in [0, 0.05) is 17.7 Å². The largest absolute Gasteiger partial charge is 0.445 e. The molecule has 4 atom stereocenters. The van der Waals surface area contributed by atoms with Crippen molar-refractivity contribution in [2.75, 3.05) is 18.6 Å². The van der Waals surface area contributed by atoms with Crippen LogP contribution < -0.4 is 16.4 Å². The second-order valence-corrected chi connectivity index (χ2v) is 12.5. The molecule has 0 saturated carbocycles. The normalized spacial score (nSPS) is 19.6. The van der Waals surface area contributed by atoms with Gasteiger partial charge < -0.3 is 26.2 Å². The van der Waals surface area contributed by atoms with E-state index in [1.807, 2.05) is 87.7 Å². The lowest BCUT2D eigenvalue weighted by Gasteiger charge is -2.46. The fourth-order valence-corrected chi connectivity index (χ4v) is 6.17. The van der Waals surface area contributed by atoms with Crippen molar-refractivity contribution in [1.29, 1.82) is 0 Å². The zero-order valence-corrected chi connectivity index (χ0v) is 25.3. The maximum absolute atomic E-state index is 13.5. The molecular formula is C31H44N4O5S. The summed E-state index contributed by atoms with van der Waals surface area (Å²) in [5.41, 5.74) is 6.37. The third-order valence-electron chi connectivity index (χ3n) is 7.55. The van der Waals surface area contributed by atoms with Crippen molar-refractivity contribution in [1.82, 2.24) is 15.5 Å². The first-order valence-corrected chi connectivity index (χ1v) is 15.4. The van der Waals surface area contributed by atoms with Crippen LogP contribution in [0.25, 0.3) is 0 Å². The lowest BCUT2D eigenvalue weighted by atomic mass is 9.82. The van der Waals surface area contributed by atoms with Crippen LogP contribution >= 0.6 is 11.8 Å². The number of hydrogen-bond acceptors (Lipinski definition) is 7. The summed E-state index contributed by atoms with van der Waals surface area (Å²) in [5, 5.41) is 17.2. The smallest absolute Gasteiger partial charge is 0.408 e. The van der Waals surface area contributed by atoms with Gasteiger partial charge in [-0.1, -0.05) is 60.7 Å². The van der Waals surface area contributed by atoms with Gasteiger partial charge in [-0.05, 0) is 64.0 Å². The molecule has 2 aromatic carbocycles. The molecule has 0 bridgehead atoms. The predicted octanol–water partition coefficient (Wildman–Crippen LogP) is 3.24. The van der Waals surface area contributed by atoms with E-state index in [1.165, 1.54) is 11.8 Å². The first-order chi connectivity index (χ1) is 19.5. The highest BCUT2D eigenvalue weighted by Gasteiger charge is 2.51. The summed E-state index contributed by atoms with van der Waals surface area (Å²) in [7, 11) is 0. The zero-order chi connectivity index (χ0) is 30.0. The molecule has 1 aliphatic heterocycles. The average molecular weight is 585 g/mol. The quantitative estimate of drug-likeness (QED) is 0.284. The van der Waals surface area contributed by atoms with Gasteiger partial charge in [-0.25, -0.2) is 4.79 Å². The highest BCUT2D eigenvalue weighted by atomic mass is 32.2. The zero-order valence-electron chi connectivity index (χ0n) is 24.5. The van der Waals surface area contributed by atoms with Crippen LogP contribution in [0.2, 0.25) is 0 Å². The van der Waals surface area contributed by atoms with Crippen LogP contribution in [0.15, 0.2) is 60.7 Å². The maximum atomic E-state index is 13.5. The summed E-state index contributed by atoms with van der Waals surface area (Å²) < 4.78 is 5.33. The van der Waals surface area contributed by atoms with E-state index in [1.54, 1.807) is 0 Å². The summed E-state index contributed by atoms with van der Waals surface area (Å²) in [6, 6.07) is 17.2. The number of aliphatic hydroxyl groups excluding tert-OH is 1. The van der Waals surface area contributed by atoms with Crippen molar-refractivity contribution >= 4 is 29.7 Å². The SMILES string of the molecule is CSC[C@H](NC(=O)OCc1ccccc1)C(=O)N[C@@H](Cc1ccccc1)[C@H](O)C[C@@]1(C(N)=O)CCCN1C(C)(C)C. The number of nitrogens with zero attached hydrogens (tertiary/aromatic N) is 1. The second-order valence-electron chi connectivity index (χ2n) is 11.6. The van der Waals surface area contributed by atoms with E-state index in [0.29, 0.717) is 25.1 Å². The Labute approximate surface area is 247 Å². The van der Waals surface area contributed by atoms with Gasteiger partial charge in [0.25, 0.3) is 0 Å². The molecule has 41 heavy (non-hydrogen) atoms. The number of benzene rings is 2. The number of amides is 3. The molecule has 1 aliphatic rings. The van der Waals surface area contributed by atoms with E-state index in [-0.39, 0.29) is 18.6 Å². The number of nitrogens with one attached hydrogen (secondary N) is 2. The molecule has 0 unspecified atom stereocenters. The molecule has 3 rings (SSSR count). The third-order valence-corrected chi connectivity index (χ3v) is 8.22. The summed E-state index contributed by atoms with van der Waals surface area (Å²) in [4.78, 5) is 41.1. The van der Waals surface area contributed by atoms with Gasteiger partial charge >= 0.3 is 6.09 Å². The molecule has 5 N–H and O–H groups in total. The number of thioether (sulfide) groups is 1. The summed E-state index contributed by atoms with van der Waals surface area (Å²) >= 11 is 1.40. The lowest BCUT2D eigenvalue weighted by molar-refractivity contribution is -0.135. The van der Waals surface area contributed by atoms with E-state index >= 15 is 0 Å². The Bertz CT molecular complexity index is 1140. The molecule has 1 heterocycles. The van der Waals surface area contributed by atoms with Crippen LogP contribution in [0.3, 0.4) is 0 Å². The summed E-state index contributed by atoms with van der Waals surface area (Å²) in [6.45, 7) is 6.86. The molecule has 0 aliphatic carbocycles. The van der Waals surface area contributed by atoms with E-state index in [4.69, 9.17) is 10.5 Å². The third kappa shape index (κ3) is 8.95. The van der Waals surface area contributed by atoms with Crippen LogP contribution in [0.4, 0.5) is 4.79 Å². The van der Waals surface area contributed by atoms with Crippen molar-refractivity contribution in [3.05, 3.63) is 71.8 Å². The van der Waals surface area contributed by atoms with Gasteiger partial charge in [0.2, 0.25) is 11.8 Å². The number of carbonyl (C=O) groups is 3. The minimum absolute atomic E-state index is 0.0785. The minimum Gasteiger partial charge on any atom is -0.445 e. The Hall–Kier alpha value is -3.08. The average Bonchev–Trinajstić information content (AvgIpc) is 3.38. The second kappa shape index (κ2) is 14.7. The molecule has 1 fully saturated rings. The van der Waals surface area contributed by atoms with Crippen molar-refractivity contribution in [2.45, 2.75) is 82.3 Å². The van der Waals surface area contributed by atoms with E-state index in [2.05, 4.69) is 15.5 Å². The van der Waals surface area contributed by atoms with Crippen molar-refractivity contribution in [3.63, 3.8) is 0 Å². The fraction of sp³-hybridized carbons (Fsp3) is 0.516. The number of aliphatic hydroxyl groups is 1. The van der Waals surface area contributed by atoms with E-state index < -0.39 is 41.6 Å². The Balaban J connectivity index is 1.77. The topological polar surface area (TPSA) is 134 Å². The molecular weight excluding hydrogens is 540 g/mol. The van der Waals surface area contributed by atoms with Gasteiger partial charge in [-0.3, -0.25) is 14.5 Å². The van der Waals surface area contributed by atoms with Crippen LogP contribution in [0.5, 0.6) is 0 Å². The molecule has 2 aromatic rings. The monoisotopic (exact) mass is 584 g/mol. The van der Waals surface area contributed by atoms with Gasteiger partial charge in [0.15, 0.2) is 0 Å². The Morgan fingerprint density at radius 1 is 1.05 bits per heavy atom. The van der Waals surface area contributed by atoms with Gasteiger partial charge in [-0.15, -0.1) is 0 Å². The molecule has 0 radical (unpaired) electrons. The lowest BCUT2D eigenvalue weighted by Crippen LogP contribution is -2.63. The standard InChI is InChI=1S/C31H44N4O5S/c1-30(2,3)35-17-11-16-31(35,28(32)38)19-26(36)24(18-22-12-7-5-8-13-22)33-27(37)25(21-41-4)34-29(39)40-20-23-14-9-6-10-15-23/h5-10,12-15,24-26,36H,11,16-21H2,1-4H3,(H2,32,38)(H,33,37)(H,34,39)/t24-,25-,26+,31+/m0/s1. The Kier molecular flexibility index (Phi) is 11.6. The first kappa shape index (κ1) is 32.4. The fourth-order valence-electron chi connectivity index (χ4n) is 5.60. The number of alkyl carbamates (subject to hydrolysis) is 1.